The highest BCUT2D eigenvalue weighted by molar-refractivity contribution is 7.90. The smallest absolute Gasteiger partial charge is 0.303 e. The van der Waals surface area contributed by atoms with Crippen molar-refractivity contribution in [2.24, 2.45) is 0 Å². The van der Waals surface area contributed by atoms with Crippen LogP contribution in [0.2, 0.25) is 0 Å². The van der Waals surface area contributed by atoms with Crippen molar-refractivity contribution in [2.45, 2.75) is 25.8 Å². The third-order valence-electron chi connectivity index (χ3n) is 7.28. The highest BCUT2D eigenvalue weighted by atomic mass is 32.2. The fraction of sp³-hybridized carbons (Fsp3) is 0.321. The van der Waals surface area contributed by atoms with Crippen LogP contribution in [0.3, 0.4) is 0 Å². The lowest BCUT2D eigenvalue weighted by atomic mass is 10.0. The second-order valence-electron chi connectivity index (χ2n) is 9.90. The molecule has 0 amide bonds. The molecule has 1 atom stereocenters. The van der Waals surface area contributed by atoms with E-state index in [4.69, 9.17) is 9.72 Å². The number of rotatable bonds is 6. The Bertz CT molecular complexity index is 1620. The summed E-state index contributed by atoms with van der Waals surface area (Å²) in [6.07, 6.45) is 5.61. The minimum absolute atomic E-state index is 0.283. The molecule has 11 heteroatoms. The van der Waals surface area contributed by atoms with Crippen LogP contribution in [0.25, 0.3) is 22.0 Å². The summed E-state index contributed by atoms with van der Waals surface area (Å²) in [5.74, 6) is 1.61. The Balaban J connectivity index is 1.36. The number of piperidine rings is 1. The number of hydrogen-bond acceptors (Lipinski definition) is 8. The van der Waals surface area contributed by atoms with Gasteiger partial charge in [0.25, 0.3) is 0 Å². The van der Waals surface area contributed by atoms with Gasteiger partial charge in [0.2, 0.25) is 11.8 Å². The lowest BCUT2D eigenvalue weighted by molar-refractivity contribution is 0.466. The van der Waals surface area contributed by atoms with Crippen molar-refractivity contribution in [1.29, 1.82) is 0 Å². The van der Waals surface area contributed by atoms with Crippen LogP contribution in [0.1, 0.15) is 18.4 Å². The summed E-state index contributed by atoms with van der Waals surface area (Å²) in [6, 6.07) is 15.4. The van der Waals surface area contributed by atoms with Crippen LogP contribution < -0.4 is 19.7 Å². The Morgan fingerprint density at radius 1 is 1.03 bits per heavy atom. The number of aryl methyl sites for hydroxylation is 1. The van der Waals surface area contributed by atoms with Gasteiger partial charge in [-0.3, -0.25) is 4.31 Å². The molecule has 2 N–H and O–H groups in total. The quantitative estimate of drug-likeness (QED) is 0.375. The Morgan fingerprint density at radius 3 is 2.72 bits per heavy atom. The summed E-state index contributed by atoms with van der Waals surface area (Å²) >= 11 is 0. The molecule has 0 bridgehead atoms. The SMILES string of the molecule is Cc1ccc2c(N3CCN(C)S3(=O)=O)cccc2c1Oc1ncccc1-c1ccnc(NC2CCCNC2)n1. The minimum atomic E-state index is -3.56. The van der Waals surface area contributed by atoms with Crippen molar-refractivity contribution in [1.82, 2.24) is 24.6 Å². The zero-order valence-electron chi connectivity index (χ0n) is 22.0. The monoisotopic (exact) mass is 545 g/mol. The average Bonchev–Trinajstić information content (AvgIpc) is 3.22. The molecule has 0 aliphatic carbocycles. The first-order valence-corrected chi connectivity index (χ1v) is 14.5. The zero-order chi connectivity index (χ0) is 27.0. The maximum Gasteiger partial charge on any atom is 0.303 e. The molecule has 202 valence electrons. The van der Waals surface area contributed by atoms with Crippen molar-refractivity contribution in [2.75, 3.05) is 42.8 Å². The van der Waals surface area contributed by atoms with Crippen LogP contribution >= 0.6 is 0 Å². The molecule has 0 spiro atoms. The summed E-state index contributed by atoms with van der Waals surface area (Å²) in [5, 5.41) is 8.44. The number of hydrogen-bond donors (Lipinski definition) is 2. The van der Waals surface area contributed by atoms with Crippen LogP contribution in [-0.4, -0.2) is 66.9 Å². The first-order chi connectivity index (χ1) is 18.9. The van der Waals surface area contributed by atoms with Crippen molar-refractivity contribution in [3.63, 3.8) is 0 Å². The topological polar surface area (TPSA) is 113 Å². The third kappa shape index (κ3) is 4.88. The van der Waals surface area contributed by atoms with Crippen molar-refractivity contribution < 1.29 is 13.2 Å². The molecule has 2 aromatic carbocycles. The summed E-state index contributed by atoms with van der Waals surface area (Å²) in [4.78, 5) is 13.7. The van der Waals surface area contributed by atoms with E-state index in [0.29, 0.717) is 42.0 Å². The van der Waals surface area contributed by atoms with Gasteiger partial charge in [-0.2, -0.15) is 12.7 Å². The molecular formula is C28H31N7O3S. The maximum absolute atomic E-state index is 12.9. The van der Waals surface area contributed by atoms with Crippen LogP contribution in [0.15, 0.2) is 60.9 Å². The summed E-state index contributed by atoms with van der Waals surface area (Å²) in [5.41, 5.74) is 2.98. The maximum atomic E-state index is 12.9. The van der Waals surface area contributed by atoms with E-state index in [-0.39, 0.29) is 6.04 Å². The molecule has 0 radical (unpaired) electrons. The molecule has 1 unspecified atom stereocenters. The summed E-state index contributed by atoms with van der Waals surface area (Å²) in [6.45, 7) is 4.72. The second kappa shape index (κ2) is 10.4. The van der Waals surface area contributed by atoms with E-state index < -0.39 is 10.2 Å². The van der Waals surface area contributed by atoms with Gasteiger partial charge < -0.3 is 15.4 Å². The van der Waals surface area contributed by atoms with Crippen molar-refractivity contribution in [3.8, 4) is 22.9 Å². The molecule has 2 aliphatic rings. The molecule has 6 rings (SSSR count). The normalized spacial score (nSPS) is 19.3. The van der Waals surface area contributed by atoms with Gasteiger partial charge in [0.15, 0.2) is 0 Å². The van der Waals surface area contributed by atoms with Gasteiger partial charge in [-0.25, -0.2) is 15.0 Å². The molecule has 2 aromatic heterocycles. The van der Waals surface area contributed by atoms with E-state index in [1.54, 1.807) is 19.4 Å². The van der Waals surface area contributed by atoms with Gasteiger partial charge in [-0.05, 0) is 56.1 Å². The van der Waals surface area contributed by atoms with Crippen LogP contribution in [-0.2, 0) is 10.2 Å². The van der Waals surface area contributed by atoms with Crippen LogP contribution in [0.4, 0.5) is 11.6 Å². The first-order valence-electron chi connectivity index (χ1n) is 13.1. The van der Waals surface area contributed by atoms with E-state index >= 15 is 0 Å². The fourth-order valence-corrected chi connectivity index (χ4v) is 6.52. The van der Waals surface area contributed by atoms with Crippen molar-refractivity contribution in [3.05, 3.63) is 66.5 Å². The molecular weight excluding hydrogens is 514 g/mol. The predicted octanol–water partition coefficient (Wildman–Crippen LogP) is 3.95. The number of fused-ring (bicyclic) bond motifs is 1. The lowest BCUT2D eigenvalue weighted by Crippen LogP contribution is -2.38. The predicted molar refractivity (Wildman–Crippen MR) is 152 cm³/mol. The van der Waals surface area contributed by atoms with Gasteiger partial charge in [0, 0.05) is 55.9 Å². The molecule has 2 saturated heterocycles. The van der Waals surface area contributed by atoms with E-state index in [1.807, 2.05) is 55.5 Å². The third-order valence-corrected chi connectivity index (χ3v) is 9.18. The number of aromatic nitrogens is 3. The Morgan fingerprint density at radius 2 is 1.92 bits per heavy atom. The van der Waals surface area contributed by atoms with E-state index in [2.05, 4.69) is 20.6 Å². The van der Waals surface area contributed by atoms with Gasteiger partial charge in [-0.15, -0.1) is 0 Å². The first kappa shape index (κ1) is 25.5. The second-order valence-corrected chi connectivity index (χ2v) is 11.9. The Hall–Kier alpha value is -3.80. The highest BCUT2D eigenvalue weighted by Crippen LogP contribution is 2.40. The zero-order valence-corrected chi connectivity index (χ0v) is 22.8. The van der Waals surface area contributed by atoms with Crippen LogP contribution in [0.5, 0.6) is 11.6 Å². The molecule has 0 saturated carbocycles. The lowest BCUT2D eigenvalue weighted by Gasteiger charge is -2.23. The molecule has 10 nitrogen and oxygen atoms in total. The molecule has 2 fully saturated rings. The summed E-state index contributed by atoms with van der Waals surface area (Å²) in [7, 11) is -1.96. The number of benzene rings is 2. The highest BCUT2D eigenvalue weighted by Gasteiger charge is 2.35. The molecule has 4 aromatic rings. The van der Waals surface area contributed by atoms with Gasteiger partial charge in [0.05, 0.1) is 16.9 Å². The van der Waals surface area contributed by atoms with Gasteiger partial charge in [-0.1, -0.05) is 24.3 Å². The standard InChI is InChI=1S/C28H31N7O3S/c1-19-10-11-21-22(7-3-9-25(21)35-17-16-34(2)39(35,36)37)26(19)38-27-23(8-5-14-30-27)24-12-15-31-28(33-24)32-20-6-4-13-29-18-20/h3,5,7-12,14-15,20,29H,4,6,13,16-18H2,1-2H3,(H,31,32,33). The van der Waals surface area contributed by atoms with E-state index in [9.17, 15) is 8.42 Å². The van der Waals surface area contributed by atoms with E-state index in [1.165, 1.54) is 8.61 Å². The van der Waals surface area contributed by atoms with Gasteiger partial charge >= 0.3 is 10.2 Å². The fourth-order valence-electron chi connectivity index (χ4n) is 5.15. The molecule has 2 aliphatic heterocycles. The number of anilines is 2. The Kier molecular flexibility index (Phi) is 6.79. The number of likely N-dealkylation sites (N-methyl/N-ethyl adjacent to an activating group) is 1. The number of ether oxygens (including phenoxy) is 1. The summed E-state index contributed by atoms with van der Waals surface area (Å²) < 4.78 is 35.2. The average molecular weight is 546 g/mol. The molecule has 39 heavy (non-hydrogen) atoms. The van der Waals surface area contributed by atoms with E-state index in [0.717, 1.165) is 47.8 Å². The Labute approximate surface area is 228 Å². The number of nitrogens with zero attached hydrogens (tertiary/aromatic N) is 5. The number of nitrogens with one attached hydrogen (secondary N) is 2. The number of pyridine rings is 1. The van der Waals surface area contributed by atoms with Crippen molar-refractivity contribution >= 4 is 32.6 Å². The minimum Gasteiger partial charge on any atom is -0.437 e. The van der Waals surface area contributed by atoms with Crippen LogP contribution in [0, 0.1) is 6.92 Å². The largest absolute Gasteiger partial charge is 0.437 e. The van der Waals surface area contributed by atoms with Gasteiger partial charge in [0.1, 0.15) is 5.75 Å². The molecule has 4 heterocycles.